The fourth-order valence-corrected chi connectivity index (χ4v) is 2.87. The van der Waals surface area contributed by atoms with Crippen molar-refractivity contribution in [2.45, 2.75) is 0 Å². The lowest BCUT2D eigenvalue weighted by Crippen LogP contribution is -2.43. The first-order valence-electron chi connectivity index (χ1n) is 6.08. The molecule has 1 aliphatic heterocycles. The molecule has 0 radical (unpaired) electrons. The quantitative estimate of drug-likeness (QED) is 0.815. The minimum atomic E-state index is -0.773. The van der Waals surface area contributed by atoms with Gasteiger partial charge in [-0.1, -0.05) is 6.07 Å². The average Bonchev–Trinajstić information content (AvgIpc) is 2.46. The van der Waals surface area contributed by atoms with Crippen LogP contribution in [0.15, 0.2) is 24.3 Å². The number of carbonyl (C=O) groups excluding carboxylic acids is 1. The zero-order valence-electron chi connectivity index (χ0n) is 10.8. The van der Waals surface area contributed by atoms with Crippen molar-refractivity contribution in [3.63, 3.8) is 0 Å². The highest BCUT2D eigenvalue weighted by atomic mass is 32.2. The van der Waals surface area contributed by atoms with Crippen LogP contribution in [-0.2, 0) is 15.6 Å². The van der Waals surface area contributed by atoms with Crippen LogP contribution >= 0.6 is 0 Å². The van der Waals surface area contributed by atoms with Crippen molar-refractivity contribution in [1.82, 2.24) is 4.90 Å². The molecular formula is C13H17NO4S. The second-order valence-corrected chi connectivity index (χ2v) is 5.89. The first-order chi connectivity index (χ1) is 9.19. The van der Waals surface area contributed by atoms with Crippen LogP contribution in [0.4, 0.5) is 0 Å². The van der Waals surface area contributed by atoms with Gasteiger partial charge in [0.15, 0.2) is 6.61 Å². The highest BCUT2D eigenvalue weighted by molar-refractivity contribution is 7.85. The Balaban J connectivity index is 1.84. The highest BCUT2D eigenvalue weighted by Gasteiger charge is 2.20. The molecule has 1 aliphatic rings. The third-order valence-electron chi connectivity index (χ3n) is 2.93. The molecule has 0 unspecified atom stereocenters. The number of carbonyl (C=O) groups is 1. The summed E-state index contributed by atoms with van der Waals surface area (Å²) in [5.74, 6) is 2.35. The molecule has 6 heteroatoms. The van der Waals surface area contributed by atoms with Crippen LogP contribution in [0.1, 0.15) is 0 Å². The van der Waals surface area contributed by atoms with E-state index in [1.165, 1.54) is 0 Å². The summed E-state index contributed by atoms with van der Waals surface area (Å²) >= 11 is 0. The van der Waals surface area contributed by atoms with Gasteiger partial charge in [0.1, 0.15) is 11.5 Å². The normalized spacial score (nSPS) is 16.2. The number of benzene rings is 1. The van der Waals surface area contributed by atoms with Crippen LogP contribution in [0.2, 0.25) is 0 Å². The molecule has 1 aromatic rings. The first-order valence-corrected chi connectivity index (χ1v) is 7.57. The summed E-state index contributed by atoms with van der Waals surface area (Å²) in [5, 5.41) is 0. The minimum absolute atomic E-state index is 0.000196. The van der Waals surface area contributed by atoms with Crippen molar-refractivity contribution in [3.05, 3.63) is 24.3 Å². The summed E-state index contributed by atoms with van der Waals surface area (Å²) in [6.07, 6.45) is 0. The number of ether oxygens (including phenoxy) is 2. The topological polar surface area (TPSA) is 55.8 Å². The standard InChI is InChI=1S/C13H17NO4S/c1-17-11-3-2-4-12(9-11)18-10-13(15)14-5-7-19(16)8-6-14/h2-4,9H,5-8,10H2,1H3. The maximum atomic E-state index is 11.9. The molecule has 104 valence electrons. The predicted octanol–water partition coefficient (Wildman–Crippen LogP) is 0.665. The Morgan fingerprint density at radius 2 is 2.00 bits per heavy atom. The van der Waals surface area contributed by atoms with Crippen molar-refractivity contribution < 1.29 is 18.5 Å². The summed E-state index contributed by atoms with van der Waals surface area (Å²) in [5.41, 5.74) is 0. The van der Waals surface area contributed by atoms with Gasteiger partial charge >= 0.3 is 0 Å². The largest absolute Gasteiger partial charge is 0.497 e. The number of methoxy groups -OCH3 is 1. The zero-order valence-corrected chi connectivity index (χ0v) is 11.6. The van der Waals surface area contributed by atoms with Gasteiger partial charge in [-0.15, -0.1) is 0 Å². The number of hydrogen-bond donors (Lipinski definition) is 0. The van der Waals surface area contributed by atoms with Gasteiger partial charge < -0.3 is 14.4 Å². The molecule has 0 N–H and O–H groups in total. The molecule has 5 nitrogen and oxygen atoms in total. The Bertz CT molecular complexity index is 467. The van der Waals surface area contributed by atoms with E-state index in [2.05, 4.69) is 0 Å². The van der Waals surface area contributed by atoms with E-state index in [1.807, 2.05) is 12.1 Å². The van der Waals surface area contributed by atoms with Crippen LogP contribution < -0.4 is 9.47 Å². The summed E-state index contributed by atoms with van der Waals surface area (Å²) < 4.78 is 21.7. The molecule has 0 aliphatic carbocycles. The SMILES string of the molecule is COc1cccc(OCC(=O)N2CCS(=O)CC2)c1. The fourth-order valence-electron chi connectivity index (χ4n) is 1.81. The molecule has 0 bridgehead atoms. The zero-order chi connectivity index (χ0) is 13.7. The van der Waals surface area contributed by atoms with Crippen molar-refractivity contribution in [2.75, 3.05) is 38.3 Å². The van der Waals surface area contributed by atoms with Crippen LogP contribution in [0.25, 0.3) is 0 Å². The van der Waals surface area contributed by atoms with Gasteiger partial charge in [-0.05, 0) is 12.1 Å². The maximum Gasteiger partial charge on any atom is 0.260 e. The van der Waals surface area contributed by atoms with E-state index in [9.17, 15) is 9.00 Å². The third-order valence-corrected chi connectivity index (χ3v) is 4.21. The highest BCUT2D eigenvalue weighted by Crippen LogP contribution is 2.18. The number of amides is 1. The van der Waals surface area contributed by atoms with Gasteiger partial charge in [0.05, 0.1) is 7.11 Å². The van der Waals surface area contributed by atoms with Crippen molar-refractivity contribution in [3.8, 4) is 11.5 Å². The molecule has 1 aromatic carbocycles. The summed E-state index contributed by atoms with van der Waals surface area (Å²) in [6, 6.07) is 7.14. The van der Waals surface area contributed by atoms with Gasteiger partial charge in [0, 0.05) is 41.5 Å². The Morgan fingerprint density at radius 3 is 2.68 bits per heavy atom. The summed E-state index contributed by atoms with van der Waals surface area (Å²) in [4.78, 5) is 13.6. The van der Waals surface area contributed by atoms with Crippen LogP contribution in [0.3, 0.4) is 0 Å². The van der Waals surface area contributed by atoms with Gasteiger partial charge in [0.2, 0.25) is 0 Å². The van der Waals surface area contributed by atoms with Crippen LogP contribution in [0.5, 0.6) is 11.5 Å². The van der Waals surface area contributed by atoms with E-state index in [0.717, 1.165) is 0 Å². The van der Waals surface area contributed by atoms with Gasteiger partial charge in [-0.25, -0.2) is 0 Å². The molecule has 0 saturated carbocycles. The van der Waals surface area contributed by atoms with Gasteiger partial charge in [0.25, 0.3) is 5.91 Å². The molecule has 1 saturated heterocycles. The van der Waals surface area contributed by atoms with E-state index in [0.29, 0.717) is 36.1 Å². The first kappa shape index (κ1) is 13.9. The minimum Gasteiger partial charge on any atom is -0.497 e. The summed E-state index contributed by atoms with van der Waals surface area (Å²) in [7, 11) is 0.809. The Morgan fingerprint density at radius 1 is 1.32 bits per heavy atom. The molecule has 0 aromatic heterocycles. The Labute approximate surface area is 115 Å². The smallest absolute Gasteiger partial charge is 0.260 e. The lowest BCUT2D eigenvalue weighted by atomic mass is 10.3. The molecular weight excluding hydrogens is 266 g/mol. The second kappa shape index (κ2) is 6.56. The summed E-state index contributed by atoms with van der Waals surface area (Å²) in [6.45, 7) is 1.10. The second-order valence-electron chi connectivity index (χ2n) is 4.20. The van der Waals surface area contributed by atoms with E-state index in [1.54, 1.807) is 24.1 Å². The van der Waals surface area contributed by atoms with E-state index >= 15 is 0 Å². The van der Waals surface area contributed by atoms with Crippen molar-refractivity contribution >= 4 is 16.7 Å². The molecule has 1 fully saturated rings. The van der Waals surface area contributed by atoms with E-state index in [4.69, 9.17) is 9.47 Å². The van der Waals surface area contributed by atoms with Crippen LogP contribution in [0, 0.1) is 0 Å². The average molecular weight is 283 g/mol. The molecule has 1 heterocycles. The molecule has 2 rings (SSSR count). The van der Waals surface area contributed by atoms with E-state index < -0.39 is 10.8 Å². The van der Waals surface area contributed by atoms with Gasteiger partial charge in [-0.2, -0.15) is 0 Å². The molecule has 1 amide bonds. The van der Waals surface area contributed by atoms with Crippen LogP contribution in [-0.4, -0.2) is 53.3 Å². The Hall–Kier alpha value is -1.56. The van der Waals surface area contributed by atoms with E-state index in [-0.39, 0.29) is 12.5 Å². The molecule has 0 spiro atoms. The van der Waals surface area contributed by atoms with Crippen molar-refractivity contribution in [2.24, 2.45) is 0 Å². The Kier molecular flexibility index (Phi) is 4.79. The van der Waals surface area contributed by atoms with Gasteiger partial charge in [-0.3, -0.25) is 9.00 Å². The monoisotopic (exact) mass is 283 g/mol. The lowest BCUT2D eigenvalue weighted by Gasteiger charge is -2.26. The predicted molar refractivity (Wildman–Crippen MR) is 72.9 cm³/mol. The fraction of sp³-hybridized carbons (Fsp3) is 0.462. The third kappa shape index (κ3) is 3.96. The van der Waals surface area contributed by atoms with Crippen molar-refractivity contribution in [1.29, 1.82) is 0 Å². The number of rotatable bonds is 4. The number of hydrogen-bond acceptors (Lipinski definition) is 4. The number of nitrogens with zero attached hydrogens (tertiary/aromatic N) is 1. The molecule has 0 atom stereocenters. The lowest BCUT2D eigenvalue weighted by molar-refractivity contribution is -0.133. The maximum absolute atomic E-state index is 11.9. The molecule has 19 heavy (non-hydrogen) atoms.